The summed E-state index contributed by atoms with van der Waals surface area (Å²) in [5.41, 5.74) is -0.365. The third kappa shape index (κ3) is 1.76. The molecule has 0 amide bonds. The standard InChI is InChI=1S/C9H11F2NO2/c1-3-14-8(13)9(10,11)7-5-4-6-12(7)2/h4-6H,3H2,1-2H3. The van der Waals surface area contributed by atoms with Crippen LogP contribution in [-0.4, -0.2) is 17.1 Å². The van der Waals surface area contributed by atoms with Gasteiger partial charge in [0.05, 0.1) is 12.3 Å². The first-order chi connectivity index (χ1) is 6.50. The van der Waals surface area contributed by atoms with Crippen LogP contribution in [0.2, 0.25) is 0 Å². The molecule has 0 aliphatic heterocycles. The second-order valence-electron chi connectivity index (χ2n) is 2.80. The number of nitrogens with zero attached hydrogens (tertiary/aromatic N) is 1. The van der Waals surface area contributed by atoms with Gasteiger partial charge in [0.2, 0.25) is 0 Å². The van der Waals surface area contributed by atoms with E-state index in [4.69, 9.17) is 0 Å². The topological polar surface area (TPSA) is 31.2 Å². The van der Waals surface area contributed by atoms with E-state index >= 15 is 0 Å². The number of aromatic nitrogens is 1. The van der Waals surface area contributed by atoms with Crippen molar-refractivity contribution in [1.29, 1.82) is 0 Å². The van der Waals surface area contributed by atoms with Crippen LogP contribution in [0, 0.1) is 0 Å². The van der Waals surface area contributed by atoms with Gasteiger partial charge in [0, 0.05) is 13.2 Å². The van der Waals surface area contributed by atoms with Crippen LogP contribution in [0.15, 0.2) is 18.3 Å². The van der Waals surface area contributed by atoms with E-state index in [1.807, 2.05) is 0 Å². The van der Waals surface area contributed by atoms with E-state index in [1.165, 1.54) is 36.9 Å². The average molecular weight is 203 g/mol. The minimum absolute atomic E-state index is 0.0567. The minimum Gasteiger partial charge on any atom is -0.461 e. The molecule has 1 rings (SSSR count). The first kappa shape index (κ1) is 10.7. The first-order valence-corrected chi connectivity index (χ1v) is 4.17. The molecule has 78 valence electrons. The number of hydrogen-bond acceptors (Lipinski definition) is 2. The fraction of sp³-hybridized carbons (Fsp3) is 0.444. The van der Waals surface area contributed by atoms with Gasteiger partial charge in [-0.2, -0.15) is 8.78 Å². The summed E-state index contributed by atoms with van der Waals surface area (Å²) in [5, 5.41) is 0. The third-order valence-electron chi connectivity index (χ3n) is 1.80. The Morgan fingerprint density at radius 1 is 1.64 bits per heavy atom. The molecule has 1 heterocycles. The molecular weight excluding hydrogens is 192 g/mol. The number of ether oxygens (including phenoxy) is 1. The molecule has 0 bridgehead atoms. The summed E-state index contributed by atoms with van der Waals surface area (Å²) in [4.78, 5) is 10.9. The van der Waals surface area contributed by atoms with Crippen LogP contribution in [0.25, 0.3) is 0 Å². The number of carbonyl (C=O) groups is 1. The second kappa shape index (κ2) is 3.77. The maximum Gasteiger partial charge on any atom is 0.383 e. The highest BCUT2D eigenvalue weighted by molar-refractivity contribution is 5.78. The van der Waals surface area contributed by atoms with E-state index in [-0.39, 0.29) is 12.3 Å². The molecule has 3 nitrogen and oxygen atoms in total. The summed E-state index contributed by atoms with van der Waals surface area (Å²) in [6, 6.07) is 2.64. The van der Waals surface area contributed by atoms with E-state index in [0.29, 0.717) is 0 Å². The fourth-order valence-corrected chi connectivity index (χ4v) is 1.11. The van der Waals surface area contributed by atoms with Crippen LogP contribution in [0.4, 0.5) is 8.78 Å². The molecule has 0 aliphatic rings. The lowest BCUT2D eigenvalue weighted by Gasteiger charge is -2.15. The van der Waals surface area contributed by atoms with Gasteiger partial charge in [0.15, 0.2) is 0 Å². The average Bonchev–Trinajstić information content (AvgIpc) is 2.52. The molecule has 5 heteroatoms. The number of carbonyl (C=O) groups excluding carboxylic acids is 1. The summed E-state index contributed by atoms with van der Waals surface area (Å²) in [5.74, 6) is -5.09. The Morgan fingerprint density at radius 3 is 2.71 bits per heavy atom. The van der Waals surface area contributed by atoms with Crippen LogP contribution >= 0.6 is 0 Å². The van der Waals surface area contributed by atoms with E-state index in [0.717, 1.165) is 0 Å². The number of rotatable bonds is 3. The number of hydrogen-bond donors (Lipinski definition) is 0. The summed E-state index contributed by atoms with van der Waals surface area (Å²) in [6.45, 7) is 1.43. The molecule has 0 atom stereocenters. The number of aryl methyl sites for hydroxylation is 1. The van der Waals surface area contributed by atoms with Crippen molar-refractivity contribution in [2.45, 2.75) is 12.8 Å². The Balaban J connectivity index is 2.95. The Morgan fingerprint density at radius 2 is 2.29 bits per heavy atom. The highest BCUT2D eigenvalue weighted by atomic mass is 19.3. The third-order valence-corrected chi connectivity index (χ3v) is 1.80. The molecule has 0 aliphatic carbocycles. The monoisotopic (exact) mass is 203 g/mol. The number of halogens is 2. The maximum absolute atomic E-state index is 13.3. The molecule has 0 radical (unpaired) electrons. The van der Waals surface area contributed by atoms with Gasteiger partial charge < -0.3 is 9.30 Å². The summed E-state index contributed by atoms with van der Waals surface area (Å²) in [6.07, 6.45) is 1.45. The van der Waals surface area contributed by atoms with Crippen LogP contribution in [0.1, 0.15) is 12.6 Å². The van der Waals surface area contributed by atoms with Crippen LogP contribution in [-0.2, 0) is 22.5 Å². The highest BCUT2D eigenvalue weighted by Gasteiger charge is 2.44. The molecule has 0 saturated heterocycles. The van der Waals surface area contributed by atoms with Crippen molar-refractivity contribution >= 4 is 5.97 Å². The van der Waals surface area contributed by atoms with Gasteiger partial charge in [-0.15, -0.1) is 0 Å². The van der Waals surface area contributed by atoms with Crippen LogP contribution in [0.5, 0.6) is 0 Å². The minimum atomic E-state index is -3.58. The van der Waals surface area contributed by atoms with Gasteiger partial charge in [-0.05, 0) is 19.1 Å². The van der Waals surface area contributed by atoms with Crippen molar-refractivity contribution in [2.75, 3.05) is 6.61 Å². The normalized spacial score (nSPS) is 11.4. The molecular formula is C9H11F2NO2. The predicted octanol–water partition coefficient (Wildman–Crippen LogP) is 1.68. The van der Waals surface area contributed by atoms with Gasteiger partial charge in [0.25, 0.3) is 0 Å². The Hall–Kier alpha value is -1.39. The maximum atomic E-state index is 13.3. The Bertz CT molecular complexity index is 333. The van der Waals surface area contributed by atoms with E-state index in [2.05, 4.69) is 4.74 Å². The fourth-order valence-electron chi connectivity index (χ4n) is 1.11. The molecule has 0 unspecified atom stereocenters. The van der Waals surface area contributed by atoms with Crippen LogP contribution in [0.3, 0.4) is 0 Å². The van der Waals surface area contributed by atoms with E-state index in [1.54, 1.807) is 0 Å². The molecule has 0 aromatic carbocycles. The molecule has 1 aromatic rings. The number of esters is 1. The highest BCUT2D eigenvalue weighted by Crippen LogP contribution is 2.29. The second-order valence-corrected chi connectivity index (χ2v) is 2.80. The zero-order valence-electron chi connectivity index (χ0n) is 7.96. The Kier molecular flexibility index (Phi) is 2.88. The summed E-state index contributed by atoms with van der Waals surface area (Å²) < 4.78 is 32.1. The summed E-state index contributed by atoms with van der Waals surface area (Å²) >= 11 is 0. The van der Waals surface area contributed by atoms with Gasteiger partial charge in [0.1, 0.15) is 0 Å². The van der Waals surface area contributed by atoms with Crippen molar-refractivity contribution < 1.29 is 18.3 Å². The number of alkyl halides is 2. The summed E-state index contributed by atoms with van der Waals surface area (Å²) in [7, 11) is 1.45. The molecule has 0 N–H and O–H groups in total. The van der Waals surface area contributed by atoms with Crippen LogP contribution < -0.4 is 0 Å². The molecule has 0 saturated carbocycles. The van der Waals surface area contributed by atoms with E-state index in [9.17, 15) is 13.6 Å². The van der Waals surface area contributed by atoms with Gasteiger partial charge in [-0.3, -0.25) is 0 Å². The predicted molar refractivity (Wildman–Crippen MR) is 45.9 cm³/mol. The van der Waals surface area contributed by atoms with Crippen molar-refractivity contribution in [1.82, 2.24) is 4.57 Å². The zero-order chi connectivity index (χ0) is 10.8. The van der Waals surface area contributed by atoms with Crippen molar-refractivity contribution in [2.24, 2.45) is 7.05 Å². The van der Waals surface area contributed by atoms with Gasteiger partial charge >= 0.3 is 11.9 Å². The van der Waals surface area contributed by atoms with E-state index < -0.39 is 11.9 Å². The van der Waals surface area contributed by atoms with Crippen molar-refractivity contribution in [3.63, 3.8) is 0 Å². The lowest BCUT2D eigenvalue weighted by Crippen LogP contribution is -2.30. The quantitative estimate of drug-likeness (QED) is 0.700. The lowest BCUT2D eigenvalue weighted by molar-refractivity contribution is -0.174. The molecule has 0 fully saturated rings. The van der Waals surface area contributed by atoms with Gasteiger partial charge in [-0.1, -0.05) is 0 Å². The largest absolute Gasteiger partial charge is 0.461 e. The zero-order valence-corrected chi connectivity index (χ0v) is 7.96. The molecule has 14 heavy (non-hydrogen) atoms. The molecule has 1 aromatic heterocycles. The first-order valence-electron chi connectivity index (χ1n) is 4.17. The molecule has 0 spiro atoms. The van der Waals surface area contributed by atoms with Crippen molar-refractivity contribution in [3.8, 4) is 0 Å². The van der Waals surface area contributed by atoms with Crippen molar-refractivity contribution in [3.05, 3.63) is 24.0 Å². The van der Waals surface area contributed by atoms with Gasteiger partial charge in [-0.25, -0.2) is 4.79 Å². The Labute approximate surface area is 80.3 Å². The SMILES string of the molecule is CCOC(=O)C(F)(F)c1cccn1C. The smallest absolute Gasteiger partial charge is 0.383 e. The lowest BCUT2D eigenvalue weighted by atomic mass is 10.2.